The molecule has 1 atom stereocenters. The number of esters is 1. The largest absolute Gasteiger partial charge is 0.451 e. The number of aryl methyl sites for hydroxylation is 2. The molecule has 0 fully saturated rings. The second-order valence-corrected chi connectivity index (χ2v) is 6.31. The molecule has 0 N–H and O–H groups in total. The molecule has 0 radical (unpaired) electrons. The third-order valence-electron chi connectivity index (χ3n) is 4.53. The van der Waals surface area contributed by atoms with E-state index in [1.807, 2.05) is 31.2 Å². The summed E-state index contributed by atoms with van der Waals surface area (Å²) in [4.78, 5) is 36.7. The summed E-state index contributed by atoms with van der Waals surface area (Å²) in [6.07, 6.45) is 2.95. The summed E-state index contributed by atoms with van der Waals surface area (Å²) in [6.45, 7) is 1.53. The minimum absolute atomic E-state index is 0.00669. The van der Waals surface area contributed by atoms with Crippen LogP contribution in [0.2, 0.25) is 0 Å². The first kappa shape index (κ1) is 17.7. The Morgan fingerprint density at radius 3 is 2.77 bits per heavy atom. The van der Waals surface area contributed by atoms with Gasteiger partial charge in [-0.05, 0) is 31.4 Å². The fraction of sp³-hybridized carbons (Fsp3) is 0.333. The van der Waals surface area contributed by atoms with Crippen LogP contribution in [0.3, 0.4) is 0 Å². The van der Waals surface area contributed by atoms with Crippen LogP contribution in [0.15, 0.2) is 36.5 Å². The first-order valence-electron chi connectivity index (χ1n) is 8.26. The second kappa shape index (κ2) is 6.99. The highest BCUT2D eigenvalue weighted by Crippen LogP contribution is 2.30. The Bertz CT molecular complexity index is 873. The number of aromatic nitrogens is 1. The quantitative estimate of drug-likeness (QED) is 0.476. The Morgan fingerprint density at radius 2 is 2.08 bits per heavy atom. The minimum Gasteiger partial charge on any atom is -0.451 e. The summed E-state index contributed by atoms with van der Waals surface area (Å²) in [5.41, 5.74) is 1.74. The number of carbonyl (C=O) groups is 2. The number of hydrogen-bond acceptors (Lipinski definition) is 5. The Kier molecular flexibility index (Phi) is 4.75. The van der Waals surface area contributed by atoms with E-state index in [4.69, 9.17) is 4.74 Å². The Hall–Kier alpha value is -3.16. The molecule has 1 aromatic carbocycles. The number of rotatable bonds is 4. The SMILES string of the molecule is CC1CCc2ccccc2N1C(=O)COC(=O)c1cc([N+](=O)[O-])cn1C. The lowest BCUT2D eigenvalue weighted by Gasteiger charge is -2.35. The second-order valence-electron chi connectivity index (χ2n) is 6.31. The lowest BCUT2D eigenvalue weighted by atomic mass is 9.96. The highest BCUT2D eigenvalue weighted by molar-refractivity contribution is 5.98. The van der Waals surface area contributed by atoms with Gasteiger partial charge in [0.15, 0.2) is 6.61 Å². The molecule has 2 aromatic rings. The van der Waals surface area contributed by atoms with Crippen molar-refractivity contribution in [2.45, 2.75) is 25.8 Å². The van der Waals surface area contributed by atoms with Crippen LogP contribution in [0, 0.1) is 10.1 Å². The van der Waals surface area contributed by atoms with Crippen molar-refractivity contribution < 1.29 is 19.2 Å². The number of nitrogens with zero attached hydrogens (tertiary/aromatic N) is 3. The zero-order valence-corrected chi connectivity index (χ0v) is 14.5. The van der Waals surface area contributed by atoms with Gasteiger partial charge >= 0.3 is 5.97 Å². The molecule has 0 saturated carbocycles. The first-order valence-corrected chi connectivity index (χ1v) is 8.26. The molecule has 0 aliphatic carbocycles. The molecule has 26 heavy (non-hydrogen) atoms. The summed E-state index contributed by atoms with van der Waals surface area (Å²) in [5, 5.41) is 10.8. The first-order chi connectivity index (χ1) is 12.4. The van der Waals surface area contributed by atoms with Crippen LogP contribution in [0.25, 0.3) is 0 Å². The number of para-hydroxylation sites is 1. The number of anilines is 1. The van der Waals surface area contributed by atoms with Gasteiger partial charge < -0.3 is 14.2 Å². The van der Waals surface area contributed by atoms with Crippen molar-refractivity contribution in [2.24, 2.45) is 7.05 Å². The fourth-order valence-electron chi connectivity index (χ4n) is 3.19. The predicted octanol–water partition coefficient (Wildman–Crippen LogP) is 2.46. The maximum atomic E-state index is 12.6. The van der Waals surface area contributed by atoms with Gasteiger partial charge in [0.25, 0.3) is 11.6 Å². The van der Waals surface area contributed by atoms with Crippen LogP contribution in [-0.2, 0) is 23.0 Å². The molecule has 136 valence electrons. The number of amides is 1. The Morgan fingerprint density at radius 1 is 1.35 bits per heavy atom. The Labute approximate surface area is 150 Å². The monoisotopic (exact) mass is 357 g/mol. The van der Waals surface area contributed by atoms with Crippen molar-refractivity contribution in [1.29, 1.82) is 0 Å². The molecule has 1 aromatic heterocycles. The summed E-state index contributed by atoms with van der Waals surface area (Å²) >= 11 is 0. The van der Waals surface area contributed by atoms with Crippen molar-refractivity contribution >= 4 is 23.3 Å². The van der Waals surface area contributed by atoms with Gasteiger partial charge in [0.1, 0.15) is 5.69 Å². The van der Waals surface area contributed by atoms with Crippen molar-refractivity contribution in [3.8, 4) is 0 Å². The van der Waals surface area contributed by atoms with E-state index < -0.39 is 17.5 Å². The van der Waals surface area contributed by atoms with Crippen LogP contribution < -0.4 is 4.90 Å². The summed E-state index contributed by atoms with van der Waals surface area (Å²) in [6, 6.07) is 8.80. The molecule has 1 amide bonds. The summed E-state index contributed by atoms with van der Waals surface area (Å²) < 4.78 is 6.42. The normalized spacial score (nSPS) is 16.1. The van der Waals surface area contributed by atoms with Gasteiger partial charge in [-0.3, -0.25) is 14.9 Å². The minimum atomic E-state index is -0.771. The van der Waals surface area contributed by atoms with Crippen LogP contribution in [-0.4, -0.2) is 34.0 Å². The lowest BCUT2D eigenvalue weighted by Crippen LogP contribution is -2.44. The summed E-state index contributed by atoms with van der Waals surface area (Å²) in [5.74, 6) is -1.09. The van der Waals surface area contributed by atoms with Crippen molar-refractivity contribution in [2.75, 3.05) is 11.5 Å². The van der Waals surface area contributed by atoms with E-state index in [1.54, 1.807) is 4.90 Å². The van der Waals surface area contributed by atoms with E-state index in [2.05, 4.69) is 0 Å². The van der Waals surface area contributed by atoms with Gasteiger partial charge in [-0.25, -0.2) is 4.79 Å². The molecule has 0 saturated heterocycles. The third kappa shape index (κ3) is 3.30. The van der Waals surface area contributed by atoms with Gasteiger partial charge in [-0.15, -0.1) is 0 Å². The molecule has 8 nitrogen and oxygen atoms in total. The fourth-order valence-corrected chi connectivity index (χ4v) is 3.19. The molecular formula is C18H19N3O5. The van der Waals surface area contributed by atoms with Crippen LogP contribution in [0.5, 0.6) is 0 Å². The van der Waals surface area contributed by atoms with Crippen LogP contribution in [0.1, 0.15) is 29.4 Å². The number of fused-ring (bicyclic) bond motifs is 1. The molecule has 1 aliphatic rings. The van der Waals surface area contributed by atoms with Gasteiger partial charge in [-0.1, -0.05) is 18.2 Å². The van der Waals surface area contributed by atoms with Gasteiger partial charge in [0, 0.05) is 24.8 Å². The summed E-state index contributed by atoms with van der Waals surface area (Å²) in [7, 11) is 1.51. The van der Waals surface area contributed by atoms with E-state index >= 15 is 0 Å². The van der Waals surface area contributed by atoms with E-state index in [1.165, 1.54) is 17.8 Å². The molecule has 3 rings (SSSR count). The topological polar surface area (TPSA) is 94.7 Å². The third-order valence-corrected chi connectivity index (χ3v) is 4.53. The number of nitro groups is 1. The molecule has 8 heteroatoms. The zero-order valence-electron chi connectivity index (χ0n) is 14.5. The maximum Gasteiger partial charge on any atom is 0.355 e. The van der Waals surface area contributed by atoms with Gasteiger partial charge in [-0.2, -0.15) is 0 Å². The predicted molar refractivity (Wildman–Crippen MR) is 94.1 cm³/mol. The highest BCUT2D eigenvalue weighted by atomic mass is 16.6. The molecule has 2 heterocycles. The van der Waals surface area contributed by atoms with E-state index in [9.17, 15) is 19.7 Å². The van der Waals surface area contributed by atoms with E-state index in [-0.39, 0.29) is 23.3 Å². The highest BCUT2D eigenvalue weighted by Gasteiger charge is 2.29. The Balaban J connectivity index is 1.71. The molecular weight excluding hydrogens is 338 g/mol. The average molecular weight is 357 g/mol. The van der Waals surface area contributed by atoms with Gasteiger partial charge in [0.2, 0.25) is 0 Å². The lowest BCUT2D eigenvalue weighted by molar-refractivity contribution is -0.384. The number of carbonyl (C=O) groups excluding carboxylic acids is 2. The zero-order chi connectivity index (χ0) is 18.8. The van der Waals surface area contributed by atoms with Crippen molar-refractivity contribution in [1.82, 2.24) is 4.57 Å². The average Bonchev–Trinajstić information content (AvgIpc) is 3.01. The molecule has 0 bridgehead atoms. The van der Waals surface area contributed by atoms with Crippen LogP contribution >= 0.6 is 0 Å². The maximum absolute atomic E-state index is 12.6. The van der Waals surface area contributed by atoms with E-state index in [0.717, 1.165) is 30.2 Å². The smallest absolute Gasteiger partial charge is 0.355 e. The molecule has 1 unspecified atom stereocenters. The van der Waals surface area contributed by atoms with Crippen molar-refractivity contribution in [3.63, 3.8) is 0 Å². The van der Waals surface area contributed by atoms with E-state index in [0.29, 0.717) is 0 Å². The van der Waals surface area contributed by atoms with Gasteiger partial charge in [0.05, 0.1) is 11.1 Å². The number of ether oxygens (including phenoxy) is 1. The molecule has 0 spiro atoms. The van der Waals surface area contributed by atoms with Crippen LogP contribution in [0.4, 0.5) is 11.4 Å². The van der Waals surface area contributed by atoms with Crippen molar-refractivity contribution in [3.05, 3.63) is 57.9 Å². The number of benzene rings is 1. The molecule has 1 aliphatic heterocycles. The standard InChI is InChI=1S/C18H19N3O5/c1-12-7-8-13-5-3-4-6-15(13)20(12)17(22)11-26-18(23)16-9-14(21(24)25)10-19(16)2/h3-6,9-10,12H,7-8,11H2,1-2H3. The number of hydrogen-bond donors (Lipinski definition) is 0.